The van der Waals surface area contributed by atoms with E-state index in [0.717, 1.165) is 53.2 Å². The number of ether oxygens (including phenoxy) is 5. The fourth-order valence-corrected chi connectivity index (χ4v) is 8.58. The van der Waals surface area contributed by atoms with E-state index in [9.17, 15) is 13.5 Å². The number of aliphatic hydroxyl groups excluding tert-OH is 1. The third-order valence-corrected chi connectivity index (χ3v) is 11.5. The Labute approximate surface area is 298 Å². The number of fused-ring (bicyclic) bond motifs is 1. The fourth-order valence-electron chi connectivity index (χ4n) is 6.90. The normalized spacial score (nSPS) is 20.3. The average molecular weight is 711 g/mol. The highest BCUT2D eigenvalue weighted by Gasteiger charge is 2.42. The van der Waals surface area contributed by atoms with Crippen LogP contribution in [0.4, 0.5) is 5.69 Å². The summed E-state index contributed by atoms with van der Waals surface area (Å²) < 4.78 is 58.9. The average Bonchev–Trinajstić information content (AvgIpc) is 3.12. The smallest absolute Gasteiger partial charge is 0.243 e. The van der Waals surface area contributed by atoms with Crippen LogP contribution in [-0.2, 0) is 42.2 Å². The number of methoxy groups -OCH3 is 2. The van der Waals surface area contributed by atoms with Crippen molar-refractivity contribution in [3.8, 4) is 5.75 Å². The van der Waals surface area contributed by atoms with Crippen molar-refractivity contribution in [3.63, 3.8) is 0 Å². The van der Waals surface area contributed by atoms with Crippen molar-refractivity contribution in [2.24, 2.45) is 5.92 Å². The summed E-state index contributed by atoms with van der Waals surface area (Å²) in [5, 5.41) is 10.1. The molecule has 3 aromatic rings. The van der Waals surface area contributed by atoms with Gasteiger partial charge in [-0.05, 0) is 67.1 Å². The second kappa shape index (κ2) is 18.5. The number of sulfonamides is 1. The van der Waals surface area contributed by atoms with E-state index >= 15 is 0 Å². The lowest BCUT2D eigenvalue weighted by Crippen LogP contribution is -2.52. The maximum atomic E-state index is 14.1. The van der Waals surface area contributed by atoms with Gasteiger partial charge in [-0.1, -0.05) is 55.0 Å². The molecule has 2 heterocycles. The molecule has 1 N–H and O–H groups in total. The number of nitrogens with zero attached hydrogens (tertiary/aromatic N) is 2. The highest BCUT2D eigenvalue weighted by molar-refractivity contribution is 7.89. The molecular formula is C39H54N2O8S. The summed E-state index contributed by atoms with van der Waals surface area (Å²) in [4.78, 5) is 2.57. The molecule has 0 aromatic heterocycles. The Morgan fingerprint density at radius 3 is 2.44 bits per heavy atom. The van der Waals surface area contributed by atoms with Gasteiger partial charge in [-0.3, -0.25) is 0 Å². The molecule has 0 saturated carbocycles. The van der Waals surface area contributed by atoms with E-state index in [1.165, 1.54) is 0 Å². The maximum absolute atomic E-state index is 14.1. The van der Waals surface area contributed by atoms with Gasteiger partial charge in [0.2, 0.25) is 10.0 Å². The van der Waals surface area contributed by atoms with Crippen LogP contribution in [0.15, 0.2) is 71.6 Å². The molecule has 50 heavy (non-hydrogen) atoms. The van der Waals surface area contributed by atoms with E-state index in [-0.39, 0.29) is 30.0 Å². The van der Waals surface area contributed by atoms with Crippen molar-refractivity contribution >= 4 is 15.7 Å². The molecule has 3 aromatic carbocycles. The van der Waals surface area contributed by atoms with E-state index in [4.69, 9.17) is 23.7 Å². The summed E-state index contributed by atoms with van der Waals surface area (Å²) in [6.45, 7) is 9.17. The number of rotatable bonds is 18. The van der Waals surface area contributed by atoms with Gasteiger partial charge in [0.25, 0.3) is 0 Å². The van der Waals surface area contributed by atoms with E-state index in [0.29, 0.717) is 58.4 Å². The fraction of sp³-hybridized carbons (Fsp3) is 0.538. The second-order valence-electron chi connectivity index (χ2n) is 13.5. The first-order valence-corrected chi connectivity index (χ1v) is 19.1. The molecule has 2 aliphatic heterocycles. The molecule has 0 amide bonds. The van der Waals surface area contributed by atoms with Crippen LogP contribution in [0.5, 0.6) is 5.75 Å². The monoisotopic (exact) mass is 710 g/mol. The minimum atomic E-state index is -3.85. The molecular weight excluding hydrogens is 657 g/mol. The van der Waals surface area contributed by atoms with Crippen LogP contribution in [0.25, 0.3) is 0 Å². The van der Waals surface area contributed by atoms with E-state index in [1.54, 1.807) is 30.7 Å². The topological polar surface area (TPSA) is 107 Å². The quantitative estimate of drug-likeness (QED) is 0.170. The van der Waals surface area contributed by atoms with Gasteiger partial charge in [0, 0.05) is 58.4 Å². The summed E-state index contributed by atoms with van der Waals surface area (Å²) in [7, 11) is -0.434. The first-order valence-electron chi connectivity index (χ1n) is 17.7. The maximum Gasteiger partial charge on any atom is 0.243 e. The van der Waals surface area contributed by atoms with E-state index in [1.807, 2.05) is 31.2 Å². The number of hydrogen-bond acceptors (Lipinski definition) is 9. The predicted molar refractivity (Wildman–Crippen MR) is 194 cm³/mol. The van der Waals surface area contributed by atoms with Crippen LogP contribution in [0.3, 0.4) is 0 Å². The van der Waals surface area contributed by atoms with Crippen LogP contribution in [0.2, 0.25) is 0 Å². The van der Waals surface area contributed by atoms with Gasteiger partial charge in [-0.25, -0.2) is 8.42 Å². The van der Waals surface area contributed by atoms with Crippen LogP contribution < -0.4 is 9.64 Å². The molecule has 5 rings (SSSR count). The van der Waals surface area contributed by atoms with Gasteiger partial charge in [0.1, 0.15) is 12.4 Å². The first-order chi connectivity index (χ1) is 24.2. The van der Waals surface area contributed by atoms with Crippen LogP contribution in [0.1, 0.15) is 54.4 Å². The number of aryl methyl sites for hydroxylation is 1. The van der Waals surface area contributed by atoms with Gasteiger partial charge >= 0.3 is 0 Å². The van der Waals surface area contributed by atoms with Gasteiger partial charge in [-0.15, -0.1) is 0 Å². The van der Waals surface area contributed by atoms with Gasteiger partial charge in [0.15, 0.2) is 0 Å². The zero-order valence-corrected chi connectivity index (χ0v) is 30.8. The summed E-state index contributed by atoms with van der Waals surface area (Å²) in [6.07, 6.45) is 1.35. The van der Waals surface area contributed by atoms with Crippen LogP contribution in [-0.4, -0.2) is 96.9 Å². The highest BCUT2D eigenvalue weighted by Crippen LogP contribution is 2.39. The number of benzene rings is 3. The summed E-state index contributed by atoms with van der Waals surface area (Å²) in [5.41, 5.74) is 5.15. The lowest BCUT2D eigenvalue weighted by molar-refractivity contribution is -0.0225. The Balaban J connectivity index is 1.39. The van der Waals surface area contributed by atoms with Crippen molar-refractivity contribution in [3.05, 3.63) is 89.0 Å². The van der Waals surface area contributed by atoms with E-state index < -0.39 is 16.1 Å². The van der Waals surface area contributed by atoms with Crippen LogP contribution >= 0.6 is 0 Å². The lowest BCUT2D eigenvalue weighted by Gasteiger charge is -2.43. The van der Waals surface area contributed by atoms with Crippen molar-refractivity contribution in [2.75, 3.05) is 71.8 Å². The zero-order valence-electron chi connectivity index (χ0n) is 30.0. The van der Waals surface area contributed by atoms with Crippen molar-refractivity contribution in [2.45, 2.75) is 69.3 Å². The Morgan fingerprint density at radius 2 is 1.72 bits per heavy atom. The van der Waals surface area contributed by atoms with Gasteiger partial charge < -0.3 is 33.7 Å². The van der Waals surface area contributed by atoms with Crippen molar-refractivity contribution < 1.29 is 37.2 Å². The molecule has 1 saturated heterocycles. The summed E-state index contributed by atoms with van der Waals surface area (Å²) in [6, 6.07) is 21.1. The molecule has 0 aliphatic carbocycles. The predicted octanol–water partition coefficient (Wildman–Crippen LogP) is 5.54. The number of anilines is 1. The second-order valence-corrected chi connectivity index (χ2v) is 15.4. The third-order valence-electron chi connectivity index (χ3n) is 9.59. The number of piperidine rings is 1. The molecule has 274 valence electrons. The molecule has 1 fully saturated rings. The van der Waals surface area contributed by atoms with Crippen molar-refractivity contribution in [1.29, 1.82) is 0 Å². The Morgan fingerprint density at radius 1 is 0.960 bits per heavy atom. The molecule has 10 nitrogen and oxygen atoms in total. The third kappa shape index (κ3) is 9.85. The largest absolute Gasteiger partial charge is 0.490 e. The molecule has 0 bridgehead atoms. The minimum Gasteiger partial charge on any atom is -0.490 e. The minimum absolute atomic E-state index is 0.0841. The number of hydrogen-bond donors (Lipinski definition) is 1. The Kier molecular flexibility index (Phi) is 14.1. The highest BCUT2D eigenvalue weighted by atomic mass is 32.2. The van der Waals surface area contributed by atoms with Crippen molar-refractivity contribution in [1.82, 2.24) is 4.31 Å². The number of aliphatic hydroxyl groups is 1. The summed E-state index contributed by atoms with van der Waals surface area (Å²) >= 11 is 0. The van der Waals surface area contributed by atoms with Gasteiger partial charge in [-0.2, -0.15) is 4.31 Å². The Hall–Kier alpha value is -3.03. The van der Waals surface area contributed by atoms with Crippen LogP contribution in [0, 0.1) is 12.8 Å². The molecule has 0 spiro atoms. The standard InChI is InChI=1S/C39H54N2O8S/c1-29-6-13-35(14-7-29)50(43,44)41-24-39(49-28-32-10-15-38-37(22-32)40(18-21-48-38)17-5-20-45-3)36(23-34(41)16-19-42)33-11-8-31(9-12-33)27-47-26-30(2)25-46-4/h6-15,22,30,34,36,39,42H,5,16-21,23-28H2,1-4H3/t30?,34-,36+,39-/m0/s1. The Bertz CT molecular complexity index is 1580. The molecule has 1 unspecified atom stereocenters. The SMILES string of the molecule is COCCCN1CCOc2ccc(CO[C@H]3CN(S(=O)(=O)c4ccc(C)cc4)[C@@H](CCO)C[C@@H]3c3ccc(COCC(C)COC)cc3)cc21. The summed E-state index contributed by atoms with van der Waals surface area (Å²) in [5.74, 6) is 1.08. The van der Waals surface area contributed by atoms with E-state index in [2.05, 4.69) is 42.2 Å². The molecule has 4 atom stereocenters. The zero-order chi connectivity index (χ0) is 35.5. The van der Waals surface area contributed by atoms with Gasteiger partial charge in [0.05, 0.1) is 49.7 Å². The first kappa shape index (κ1) is 38.2. The molecule has 0 radical (unpaired) electrons. The lowest BCUT2D eigenvalue weighted by atomic mass is 9.83. The molecule has 11 heteroatoms. The molecule has 2 aliphatic rings.